The van der Waals surface area contributed by atoms with Gasteiger partial charge in [0.1, 0.15) is 11.3 Å². The van der Waals surface area contributed by atoms with Gasteiger partial charge in [0.25, 0.3) is 5.56 Å². The average Bonchev–Trinajstić information content (AvgIpc) is 2.92. The van der Waals surface area contributed by atoms with E-state index in [1.807, 2.05) is 6.92 Å². The van der Waals surface area contributed by atoms with E-state index in [1.54, 1.807) is 13.2 Å². The molecule has 0 aromatic carbocycles. The molecule has 0 radical (unpaired) electrons. The van der Waals surface area contributed by atoms with Crippen LogP contribution < -0.4 is 11.2 Å². The van der Waals surface area contributed by atoms with Crippen LogP contribution in [-0.4, -0.2) is 29.7 Å². The molecule has 3 aromatic heterocycles. The van der Waals surface area contributed by atoms with Crippen molar-refractivity contribution in [3.63, 3.8) is 0 Å². The Balaban J connectivity index is 2.40. The van der Waals surface area contributed by atoms with Gasteiger partial charge in [-0.15, -0.1) is 0 Å². The van der Waals surface area contributed by atoms with Gasteiger partial charge in [-0.1, -0.05) is 0 Å². The second kappa shape index (κ2) is 3.42. The maximum absolute atomic E-state index is 11.7. The first-order chi connectivity index (χ1) is 8.58. The molecule has 0 fully saturated rings. The van der Waals surface area contributed by atoms with E-state index in [4.69, 9.17) is 0 Å². The topological polar surface area (TPSA) is 112 Å². The van der Waals surface area contributed by atoms with Crippen LogP contribution in [0.4, 0.5) is 0 Å². The van der Waals surface area contributed by atoms with Gasteiger partial charge < -0.3 is 4.98 Å². The molecular formula is C10H10N6O2. The molecule has 8 heteroatoms. The molecule has 0 saturated carbocycles. The molecule has 0 aliphatic heterocycles. The Morgan fingerprint density at radius 3 is 2.72 bits per heavy atom. The maximum atomic E-state index is 11.7. The van der Waals surface area contributed by atoms with E-state index in [-0.39, 0.29) is 5.52 Å². The summed E-state index contributed by atoms with van der Waals surface area (Å²) in [6, 6.07) is 0. The summed E-state index contributed by atoms with van der Waals surface area (Å²) < 4.78 is 1.28. The Kier molecular flexibility index (Phi) is 2.00. The molecule has 0 amide bonds. The molecule has 0 bridgehead atoms. The van der Waals surface area contributed by atoms with Crippen LogP contribution in [0.2, 0.25) is 0 Å². The zero-order valence-corrected chi connectivity index (χ0v) is 9.74. The van der Waals surface area contributed by atoms with Crippen LogP contribution in [0, 0.1) is 6.92 Å². The number of aryl methyl sites for hydroxylation is 2. The van der Waals surface area contributed by atoms with Crippen molar-refractivity contribution < 1.29 is 0 Å². The lowest BCUT2D eigenvalue weighted by Crippen LogP contribution is -2.28. The molecule has 0 unspecified atom stereocenters. The van der Waals surface area contributed by atoms with E-state index < -0.39 is 11.2 Å². The van der Waals surface area contributed by atoms with E-state index in [0.29, 0.717) is 11.5 Å². The number of aromatic amines is 3. The quantitative estimate of drug-likeness (QED) is 0.544. The largest absolute Gasteiger partial charge is 0.332 e. The summed E-state index contributed by atoms with van der Waals surface area (Å²) >= 11 is 0. The summed E-state index contributed by atoms with van der Waals surface area (Å²) in [6.07, 6.45) is 1.61. The van der Waals surface area contributed by atoms with E-state index in [1.165, 1.54) is 4.57 Å². The Morgan fingerprint density at radius 2 is 2.06 bits per heavy atom. The van der Waals surface area contributed by atoms with Crippen molar-refractivity contribution in [2.24, 2.45) is 7.05 Å². The minimum absolute atomic E-state index is 0.271. The fourth-order valence-corrected chi connectivity index (χ4v) is 1.82. The van der Waals surface area contributed by atoms with E-state index in [9.17, 15) is 9.59 Å². The van der Waals surface area contributed by atoms with Crippen molar-refractivity contribution in [3.8, 4) is 11.4 Å². The van der Waals surface area contributed by atoms with Crippen molar-refractivity contribution in [1.29, 1.82) is 0 Å². The second-order valence-corrected chi connectivity index (χ2v) is 4.01. The fourth-order valence-electron chi connectivity index (χ4n) is 1.82. The van der Waals surface area contributed by atoms with Gasteiger partial charge in [0, 0.05) is 12.7 Å². The molecular weight excluding hydrogens is 236 g/mol. The predicted molar refractivity (Wildman–Crippen MR) is 64.3 cm³/mol. The molecule has 92 valence electrons. The third kappa shape index (κ3) is 1.32. The first-order valence-corrected chi connectivity index (χ1v) is 5.27. The highest BCUT2D eigenvalue weighted by Gasteiger charge is 2.13. The Labute approximate surface area is 99.7 Å². The van der Waals surface area contributed by atoms with Gasteiger partial charge in [-0.2, -0.15) is 5.10 Å². The minimum atomic E-state index is -0.491. The minimum Gasteiger partial charge on any atom is -0.332 e. The number of fused-ring (bicyclic) bond motifs is 1. The van der Waals surface area contributed by atoms with Crippen molar-refractivity contribution in [2.75, 3.05) is 0 Å². The summed E-state index contributed by atoms with van der Waals surface area (Å²) in [4.78, 5) is 32.5. The van der Waals surface area contributed by atoms with Crippen molar-refractivity contribution >= 4 is 11.2 Å². The van der Waals surface area contributed by atoms with Gasteiger partial charge in [0.05, 0.1) is 11.8 Å². The highest BCUT2D eigenvalue weighted by atomic mass is 16.2. The normalized spacial score (nSPS) is 11.2. The second-order valence-electron chi connectivity index (χ2n) is 4.01. The van der Waals surface area contributed by atoms with E-state index in [0.717, 1.165) is 11.3 Å². The van der Waals surface area contributed by atoms with Gasteiger partial charge in [0.15, 0.2) is 5.65 Å². The van der Waals surface area contributed by atoms with Gasteiger partial charge in [-0.05, 0) is 6.92 Å². The first-order valence-electron chi connectivity index (χ1n) is 5.27. The molecule has 0 aliphatic rings. The predicted octanol–water partition coefficient (Wildman–Crippen LogP) is -0.352. The van der Waals surface area contributed by atoms with Crippen LogP contribution in [0.1, 0.15) is 5.69 Å². The summed E-state index contributed by atoms with van der Waals surface area (Å²) in [5.74, 6) is 0.503. The van der Waals surface area contributed by atoms with Crippen molar-refractivity contribution in [1.82, 2.24) is 29.7 Å². The summed E-state index contributed by atoms with van der Waals surface area (Å²) in [7, 11) is 1.55. The van der Waals surface area contributed by atoms with Gasteiger partial charge in [-0.3, -0.25) is 19.4 Å². The Bertz CT molecular complexity index is 849. The number of imidazole rings is 1. The van der Waals surface area contributed by atoms with Crippen molar-refractivity contribution in [3.05, 3.63) is 32.7 Å². The molecule has 0 aliphatic carbocycles. The average molecular weight is 246 g/mol. The lowest BCUT2D eigenvalue weighted by molar-refractivity contribution is 0.832. The van der Waals surface area contributed by atoms with E-state index in [2.05, 4.69) is 25.1 Å². The number of hydrogen-bond acceptors (Lipinski definition) is 4. The first kappa shape index (κ1) is 10.5. The van der Waals surface area contributed by atoms with Crippen LogP contribution in [-0.2, 0) is 7.05 Å². The molecule has 3 aromatic rings. The highest BCUT2D eigenvalue weighted by molar-refractivity contribution is 5.75. The number of nitrogens with one attached hydrogen (secondary N) is 3. The maximum Gasteiger partial charge on any atom is 0.329 e. The Hall–Kier alpha value is -2.64. The zero-order valence-electron chi connectivity index (χ0n) is 9.74. The van der Waals surface area contributed by atoms with Crippen LogP contribution in [0.25, 0.3) is 22.6 Å². The monoisotopic (exact) mass is 246 g/mol. The lowest BCUT2D eigenvalue weighted by Gasteiger charge is -1.94. The molecule has 3 rings (SSSR count). The number of nitrogens with zero attached hydrogens (tertiary/aromatic N) is 3. The third-order valence-corrected chi connectivity index (χ3v) is 2.84. The Morgan fingerprint density at radius 1 is 1.28 bits per heavy atom. The molecule has 0 spiro atoms. The molecule has 3 N–H and O–H groups in total. The zero-order chi connectivity index (χ0) is 12.9. The van der Waals surface area contributed by atoms with Gasteiger partial charge in [-0.25, -0.2) is 9.78 Å². The highest BCUT2D eigenvalue weighted by Crippen LogP contribution is 2.19. The molecule has 3 heterocycles. The number of aromatic nitrogens is 6. The molecule has 0 saturated heterocycles. The third-order valence-electron chi connectivity index (χ3n) is 2.84. The molecule has 18 heavy (non-hydrogen) atoms. The van der Waals surface area contributed by atoms with Gasteiger partial charge >= 0.3 is 5.69 Å². The van der Waals surface area contributed by atoms with Crippen LogP contribution in [0.5, 0.6) is 0 Å². The number of H-pyrrole nitrogens is 3. The molecule has 8 nitrogen and oxygen atoms in total. The smallest absolute Gasteiger partial charge is 0.329 e. The summed E-state index contributed by atoms with van der Waals surface area (Å²) in [5.41, 5.74) is 1.21. The lowest BCUT2D eigenvalue weighted by atomic mass is 10.2. The van der Waals surface area contributed by atoms with Crippen molar-refractivity contribution in [2.45, 2.75) is 6.92 Å². The van der Waals surface area contributed by atoms with Crippen LogP contribution >= 0.6 is 0 Å². The SMILES string of the molecule is Cc1[nH]ncc1-c1nc2c([nH]1)c(=O)[nH]c(=O)n2C. The van der Waals surface area contributed by atoms with Crippen LogP contribution in [0.3, 0.4) is 0 Å². The fraction of sp³-hybridized carbons (Fsp3) is 0.200. The van der Waals surface area contributed by atoms with Crippen LogP contribution in [0.15, 0.2) is 15.8 Å². The summed E-state index contributed by atoms with van der Waals surface area (Å²) in [6.45, 7) is 1.85. The van der Waals surface area contributed by atoms with E-state index >= 15 is 0 Å². The standard InChI is InChI=1S/C10H10N6O2/c1-4-5(3-11-15-4)7-12-6-8(13-7)16(2)10(18)14-9(6)17/h3H,1-2H3,(H,11,15)(H,12,13)(H,14,17,18). The van der Waals surface area contributed by atoms with Gasteiger partial charge in [0.2, 0.25) is 0 Å². The summed E-state index contributed by atoms with van der Waals surface area (Å²) in [5, 5.41) is 6.68. The number of hydrogen-bond donors (Lipinski definition) is 3. The number of rotatable bonds is 1. The molecule has 0 atom stereocenters.